The molecule has 0 saturated heterocycles. The molecule has 0 N–H and O–H groups in total. The molecule has 5 heteroatoms. The van der Waals surface area contributed by atoms with Crippen molar-refractivity contribution in [3.05, 3.63) is 206 Å². The summed E-state index contributed by atoms with van der Waals surface area (Å²) >= 11 is 0. The first-order valence-electron chi connectivity index (χ1n) is 20.9. The largest absolute Gasteiger partial charge is 0.454 e. The van der Waals surface area contributed by atoms with Gasteiger partial charge in [-0.3, -0.25) is 0 Å². The summed E-state index contributed by atoms with van der Waals surface area (Å²) < 4.78 is 13.4. The number of fused-ring (bicyclic) bond motifs is 11. The third kappa shape index (κ3) is 5.51. The van der Waals surface area contributed by atoms with Gasteiger partial charge in [-0.15, -0.1) is 0 Å². The van der Waals surface area contributed by atoms with E-state index in [1.54, 1.807) is 0 Å². The SMILES string of the molecule is C[Si]1(C)c2cc(N(c3ccccc3)c3cccc4c3oc3ccccc34)ccc2-c2ccccc2-c2ccc(N(c3ccccc3)c3cccc4c3oc3ccccc34)cc21. The molecule has 1 aliphatic rings. The molecule has 0 amide bonds. The van der Waals surface area contributed by atoms with Crippen molar-refractivity contribution in [3.63, 3.8) is 0 Å². The van der Waals surface area contributed by atoms with Gasteiger partial charge >= 0.3 is 0 Å². The van der Waals surface area contributed by atoms with E-state index in [1.165, 1.54) is 32.6 Å². The first kappa shape index (κ1) is 35.4. The fourth-order valence-corrected chi connectivity index (χ4v) is 12.9. The van der Waals surface area contributed by atoms with Crippen molar-refractivity contribution in [1.82, 2.24) is 0 Å². The van der Waals surface area contributed by atoms with E-state index in [0.29, 0.717) is 0 Å². The Morgan fingerprint density at radius 3 is 1.18 bits per heavy atom. The van der Waals surface area contributed by atoms with E-state index >= 15 is 0 Å². The van der Waals surface area contributed by atoms with Gasteiger partial charge in [-0.05, 0) is 105 Å². The molecular formula is C56H40N2O2Si. The van der Waals surface area contributed by atoms with E-state index in [-0.39, 0.29) is 0 Å². The minimum Gasteiger partial charge on any atom is -0.454 e. The molecule has 3 heterocycles. The standard InChI is InChI=1S/C56H40N2O2Si/c1-61(2)53-35-39(57(37-17-5-3-6-18-37)49-27-15-25-47-43-23-11-13-29-51(43)59-55(47)49)31-33-45(53)41-21-9-10-22-42(41)46-34-32-40(36-54(46)61)58(38-19-7-4-8-20-38)50-28-16-26-48-44-24-12-14-30-52(44)60-56(48)50/h3-36H,1-2H3. The second-order valence-corrected chi connectivity index (χ2v) is 20.8. The highest BCUT2D eigenvalue weighted by Crippen LogP contribution is 2.46. The number of furan rings is 2. The summed E-state index contributed by atoms with van der Waals surface area (Å²) in [7, 11) is -2.50. The lowest BCUT2D eigenvalue weighted by Crippen LogP contribution is -2.53. The predicted molar refractivity (Wildman–Crippen MR) is 258 cm³/mol. The summed E-state index contributed by atoms with van der Waals surface area (Å²) in [6.07, 6.45) is 0. The molecule has 0 bridgehead atoms. The zero-order chi connectivity index (χ0) is 40.7. The van der Waals surface area contributed by atoms with Gasteiger partial charge in [0, 0.05) is 44.3 Å². The average molecular weight is 801 g/mol. The van der Waals surface area contributed by atoms with Gasteiger partial charge in [-0.25, -0.2) is 0 Å². The number of rotatable bonds is 6. The molecule has 0 unspecified atom stereocenters. The predicted octanol–water partition coefficient (Wildman–Crippen LogP) is 14.9. The Morgan fingerprint density at radius 2 is 0.721 bits per heavy atom. The van der Waals surface area contributed by atoms with Gasteiger partial charge in [0.15, 0.2) is 11.2 Å². The molecule has 2 aromatic heterocycles. The summed E-state index contributed by atoms with van der Waals surface area (Å²) in [6, 6.07) is 74.2. The Kier molecular flexibility index (Phi) is 7.96. The molecule has 0 spiro atoms. The van der Waals surface area contributed by atoms with E-state index < -0.39 is 8.07 Å². The van der Waals surface area contributed by atoms with Crippen LogP contribution >= 0.6 is 0 Å². The molecule has 0 aliphatic carbocycles. The monoisotopic (exact) mass is 800 g/mol. The maximum atomic E-state index is 6.68. The molecule has 4 nitrogen and oxygen atoms in total. The summed E-state index contributed by atoms with van der Waals surface area (Å²) in [5.74, 6) is 0. The molecule has 290 valence electrons. The number of nitrogens with zero attached hydrogens (tertiary/aromatic N) is 2. The van der Waals surface area contributed by atoms with Crippen LogP contribution in [0.3, 0.4) is 0 Å². The zero-order valence-electron chi connectivity index (χ0n) is 33.8. The highest BCUT2D eigenvalue weighted by molar-refractivity contribution is 7.02. The van der Waals surface area contributed by atoms with Crippen molar-refractivity contribution in [2.45, 2.75) is 13.1 Å². The third-order valence-corrected chi connectivity index (χ3v) is 16.2. The minimum atomic E-state index is -2.50. The average Bonchev–Trinajstić information content (AvgIpc) is 3.88. The van der Waals surface area contributed by atoms with Crippen LogP contribution in [0, 0.1) is 0 Å². The fraction of sp³-hybridized carbons (Fsp3) is 0.0357. The lowest BCUT2D eigenvalue weighted by Gasteiger charge is -2.32. The summed E-state index contributed by atoms with van der Waals surface area (Å²) in [6.45, 7) is 5.04. The second-order valence-electron chi connectivity index (χ2n) is 16.5. The molecule has 0 fully saturated rings. The smallest absolute Gasteiger partial charge is 0.159 e. The van der Waals surface area contributed by atoms with Crippen LogP contribution in [0.5, 0.6) is 0 Å². The highest BCUT2D eigenvalue weighted by Gasteiger charge is 2.37. The molecule has 12 rings (SSSR count). The Bertz CT molecular complexity index is 3250. The van der Waals surface area contributed by atoms with Gasteiger partial charge in [0.05, 0.1) is 11.4 Å². The number of hydrogen-bond donors (Lipinski definition) is 0. The Hall–Kier alpha value is -7.60. The lowest BCUT2D eigenvalue weighted by atomic mass is 9.94. The number of para-hydroxylation sites is 6. The van der Waals surface area contributed by atoms with E-state index in [1.807, 2.05) is 12.1 Å². The molecule has 61 heavy (non-hydrogen) atoms. The van der Waals surface area contributed by atoms with Crippen molar-refractivity contribution in [3.8, 4) is 22.3 Å². The van der Waals surface area contributed by atoms with Gasteiger partial charge in [0.2, 0.25) is 0 Å². The maximum Gasteiger partial charge on any atom is 0.159 e. The van der Waals surface area contributed by atoms with Gasteiger partial charge < -0.3 is 18.6 Å². The van der Waals surface area contributed by atoms with Crippen LogP contribution in [0.4, 0.5) is 34.1 Å². The second kappa shape index (κ2) is 13.7. The van der Waals surface area contributed by atoms with Gasteiger partial charge in [-0.2, -0.15) is 0 Å². The van der Waals surface area contributed by atoms with E-state index in [9.17, 15) is 0 Å². The van der Waals surface area contributed by atoms with E-state index in [4.69, 9.17) is 8.83 Å². The summed E-state index contributed by atoms with van der Waals surface area (Å²) in [5.41, 5.74) is 15.0. The van der Waals surface area contributed by atoms with Crippen molar-refractivity contribution in [2.24, 2.45) is 0 Å². The van der Waals surface area contributed by atoms with Crippen LogP contribution in [0.2, 0.25) is 13.1 Å². The Balaban J connectivity index is 1.08. The molecule has 1 aliphatic heterocycles. The highest BCUT2D eigenvalue weighted by atomic mass is 28.3. The fourth-order valence-electron chi connectivity index (χ4n) is 9.77. The van der Waals surface area contributed by atoms with Gasteiger partial charge in [0.25, 0.3) is 0 Å². The van der Waals surface area contributed by atoms with Crippen LogP contribution in [-0.4, -0.2) is 8.07 Å². The molecule has 11 aromatic rings. The Labute approximate surface area is 355 Å². The first-order valence-corrected chi connectivity index (χ1v) is 23.9. The van der Waals surface area contributed by atoms with E-state index in [0.717, 1.165) is 78.0 Å². The normalized spacial score (nSPS) is 12.9. The first-order chi connectivity index (χ1) is 30.0. The molecule has 0 saturated carbocycles. The van der Waals surface area contributed by atoms with Crippen molar-refractivity contribution >= 4 is 96.4 Å². The van der Waals surface area contributed by atoms with Crippen LogP contribution in [0.15, 0.2) is 215 Å². The molecular weight excluding hydrogens is 761 g/mol. The molecule has 0 atom stereocenters. The molecule has 0 radical (unpaired) electrons. The van der Waals surface area contributed by atoms with Gasteiger partial charge in [-0.1, -0.05) is 147 Å². The van der Waals surface area contributed by atoms with Gasteiger partial charge in [0.1, 0.15) is 19.2 Å². The minimum absolute atomic E-state index is 0.875. The number of hydrogen-bond acceptors (Lipinski definition) is 4. The van der Waals surface area contributed by atoms with Crippen LogP contribution in [0.25, 0.3) is 66.1 Å². The number of benzene rings is 9. The van der Waals surface area contributed by atoms with E-state index in [2.05, 4.69) is 217 Å². The summed E-state index contributed by atoms with van der Waals surface area (Å²) in [4.78, 5) is 4.74. The van der Waals surface area contributed by atoms with Crippen molar-refractivity contribution in [2.75, 3.05) is 9.80 Å². The topological polar surface area (TPSA) is 32.8 Å². The van der Waals surface area contributed by atoms with Crippen molar-refractivity contribution in [1.29, 1.82) is 0 Å². The van der Waals surface area contributed by atoms with Crippen molar-refractivity contribution < 1.29 is 8.83 Å². The number of anilines is 6. The Morgan fingerprint density at radius 1 is 0.328 bits per heavy atom. The zero-order valence-corrected chi connectivity index (χ0v) is 34.8. The van der Waals surface area contributed by atoms with Crippen LogP contribution in [-0.2, 0) is 0 Å². The third-order valence-electron chi connectivity index (χ3n) is 12.7. The maximum absolute atomic E-state index is 6.68. The lowest BCUT2D eigenvalue weighted by molar-refractivity contribution is 0.668. The molecule has 9 aromatic carbocycles. The van der Waals surface area contributed by atoms with Crippen LogP contribution < -0.4 is 20.2 Å². The quantitative estimate of drug-likeness (QED) is 0.157. The van der Waals surface area contributed by atoms with Crippen LogP contribution in [0.1, 0.15) is 0 Å². The summed E-state index contributed by atoms with van der Waals surface area (Å²) in [5, 5.41) is 7.22.